The Bertz CT molecular complexity index is 618. The number of nitrogens with one attached hydrogen (secondary N) is 3. The molecule has 1 fully saturated rings. The Kier molecular flexibility index (Phi) is 6.50. The number of urea groups is 1. The van der Waals surface area contributed by atoms with Crippen molar-refractivity contribution >= 4 is 11.9 Å². The molecule has 1 aromatic carbocycles. The van der Waals surface area contributed by atoms with Gasteiger partial charge in [-0.1, -0.05) is 6.07 Å². The standard InChI is InChI=1S/C18H27N3O4/c1-11(2)25-15-8-7-13(10-16(15)24-4)12(3)20-18(23)21-14-6-5-9-19-17(14)22/h7-8,10-12,14H,5-6,9H2,1-4H3,(H,19,22)(H2,20,21,23)/t12-,14+/m1/s1. The van der Waals surface area contributed by atoms with Gasteiger partial charge in [-0.25, -0.2) is 4.79 Å². The maximum atomic E-state index is 12.1. The first-order valence-corrected chi connectivity index (χ1v) is 8.60. The van der Waals surface area contributed by atoms with Crippen molar-refractivity contribution < 1.29 is 19.1 Å². The highest BCUT2D eigenvalue weighted by molar-refractivity contribution is 5.87. The Hall–Kier alpha value is -2.44. The first-order valence-electron chi connectivity index (χ1n) is 8.60. The molecule has 1 heterocycles. The third-order valence-electron chi connectivity index (χ3n) is 3.99. The van der Waals surface area contributed by atoms with Gasteiger partial charge in [0.2, 0.25) is 5.91 Å². The van der Waals surface area contributed by atoms with Gasteiger partial charge < -0.3 is 25.4 Å². The second-order valence-corrected chi connectivity index (χ2v) is 6.40. The summed E-state index contributed by atoms with van der Waals surface area (Å²) in [7, 11) is 1.58. The van der Waals surface area contributed by atoms with Gasteiger partial charge in [-0.15, -0.1) is 0 Å². The SMILES string of the molecule is COc1cc([C@@H](C)NC(=O)N[C@H]2CCCNC2=O)ccc1OC(C)C. The lowest BCUT2D eigenvalue weighted by molar-refractivity contribution is -0.124. The monoisotopic (exact) mass is 349 g/mol. The molecule has 0 aliphatic carbocycles. The van der Waals surface area contributed by atoms with Crippen molar-refractivity contribution in [3.8, 4) is 11.5 Å². The highest BCUT2D eigenvalue weighted by Gasteiger charge is 2.24. The third kappa shape index (κ3) is 5.27. The van der Waals surface area contributed by atoms with Crippen molar-refractivity contribution in [2.45, 2.75) is 51.8 Å². The van der Waals surface area contributed by atoms with Crippen LogP contribution in [0.3, 0.4) is 0 Å². The average Bonchev–Trinajstić information content (AvgIpc) is 2.56. The van der Waals surface area contributed by atoms with E-state index in [9.17, 15) is 9.59 Å². The van der Waals surface area contributed by atoms with Crippen LogP contribution in [0.2, 0.25) is 0 Å². The number of carbonyl (C=O) groups is 2. The minimum absolute atomic E-state index is 0.0442. The van der Waals surface area contributed by atoms with E-state index in [0.29, 0.717) is 24.5 Å². The van der Waals surface area contributed by atoms with E-state index in [-0.39, 0.29) is 24.1 Å². The van der Waals surface area contributed by atoms with Crippen LogP contribution in [0.4, 0.5) is 4.79 Å². The van der Waals surface area contributed by atoms with Crippen LogP contribution >= 0.6 is 0 Å². The summed E-state index contributed by atoms with van der Waals surface area (Å²) in [6.07, 6.45) is 1.56. The molecule has 25 heavy (non-hydrogen) atoms. The number of ether oxygens (including phenoxy) is 2. The van der Waals surface area contributed by atoms with Gasteiger partial charge in [-0.05, 0) is 51.3 Å². The molecule has 0 bridgehead atoms. The largest absolute Gasteiger partial charge is 0.493 e. The van der Waals surface area contributed by atoms with Crippen LogP contribution in [0.5, 0.6) is 11.5 Å². The number of amides is 3. The Morgan fingerprint density at radius 1 is 1.28 bits per heavy atom. The molecule has 3 N–H and O–H groups in total. The fourth-order valence-corrected chi connectivity index (χ4v) is 2.69. The molecule has 138 valence electrons. The van der Waals surface area contributed by atoms with Gasteiger partial charge in [0, 0.05) is 6.54 Å². The normalized spacial score (nSPS) is 18.3. The van der Waals surface area contributed by atoms with Crippen LogP contribution in [0.15, 0.2) is 18.2 Å². The third-order valence-corrected chi connectivity index (χ3v) is 3.99. The lowest BCUT2D eigenvalue weighted by Crippen LogP contribution is -2.52. The van der Waals surface area contributed by atoms with E-state index < -0.39 is 6.04 Å². The minimum Gasteiger partial charge on any atom is -0.493 e. The number of rotatable bonds is 6. The molecule has 1 aliphatic rings. The Labute approximate surface area is 148 Å². The molecule has 0 aromatic heterocycles. The lowest BCUT2D eigenvalue weighted by atomic mass is 10.1. The van der Waals surface area contributed by atoms with Crippen LogP contribution < -0.4 is 25.4 Å². The molecule has 0 unspecified atom stereocenters. The number of carbonyl (C=O) groups excluding carboxylic acids is 2. The van der Waals surface area contributed by atoms with Crippen molar-refractivity contribution in [1.29, 1.82) is 0 Å². The molecule has 0 spiro atoms. The molecule has 7 heteroatoms. The van der Waals surface area contributed by atoms with E-state index in [4.69, 9.17) is 9.47 Å². The number of piperidine rings is 1. The van der Waals surface area contributed by atoms with E-state index in [1.807, 2.05) is 39.0 Å². The molecule has 0 radical (unpaired) electrons. The van der Waals surface area contributed by atoms with E-state index >= 15 is 0 Å². The average molecular weight is 349 g/mol. The van der Waals surface area contributed by atoms with Gasteiger partial charge in [-0.3, -0.25) is 4.79 Å². The Morgan fingerprint density at radius 2 is 2.04 bits per heavy atom. The highest BCUT2D eigenvalue weighted by atomic mass is 16.5. The molecular weight excluding hydrogens is 322 g/mol. The zero-order valence-electron chi connectivity index (χ0n) is 15.2. The molecule has 0 saturated carbocycles. The maximum Gasteiger partial charge on any atom is 0.315 e. The van der Waals surface area contributed by atoms with E-state index in [1.165, 1.54) is 0 Å². The molecule has 2 rings (SSSR count). The first-order chi connectivity index (χ1) is 11.9. The number of hydrogen-bond acceptors (Lipinski definition) is 4. The second-order valence-electron chi connectivity index (χ2n) is 6.40. The predicted molar refractivity (Wildman–Crippen MR) is 94.9 cm³/mol. The summed E-state index contributed by atoms with van der Waals surface area (Å²) >= 11 is 0. The van der Waals surface area contributed by atoms with E-state index in [2.05, 4.69) is 16.0 Å². The summed E-state index contributed by atoms with van der Waals surface area (Å²) in [5, 5.41) is 8.31. The molecular formula is C18H27N3O4. The van der Waals surface area contributed by atoms with Crippen LogP contribution in [-0.4, -0.2) is 37.7 Å². The van der Waals surface area contributed by atoms with E-state index in [0.717, 1.165) is 12.0 Å². The second kappa shape index (κ2) is 8.60. The summed E-state index contributed by atoms with van der Waals surface area (Å²) in [6.45, 7) is 6.43. The zero-order valence-corrected chi connectivity index (χ0v) is 15.2. The van der Waals surface area contributed by atoms with Gasteiger partial charge in [0.25, 0.3) is 0 Å². The summed E-state index contributed by atoms with van der Waals surface area (Å²) in [5.41, 5.74) is 0.885. The summed E-state index contributed by atoms with van der Waals surface area (Å²) in [6, 6.07) is 4.48. The molecule has 1 aromatic rings. The molecule has 1 aliphatic heterocycles. The lowest BCUT2D eigenvalue weighted by Gasteiger charge is -2.24. The highest BCUT2D eigenvalue weighted by Crippen LogP contribution is 2.31. The quantitative estimate of drug-likeness (QED) is 0.734. The maximum absolute atomic E-state index is 12.1. The van der Waals surface area contributed by atoms with Crippen molar-refractivity contribution in [2.75, 3.05) is 13.7 Å². The van der Waals surface area contributed by atoms with Gasteiger partial charge in [0.15, 0.2) is 11.5 Å². The smallest absolute Gasteiger partial charge is 0.315 e. The van der Waals surface area contributed by atoms with Crippen molar-refractivity contribution in [3.05, 3.63) is 23.8 Å². The first kappa shape index (κ1) is 18.9. The topological polar surface area (TPSA) is 88.7 Å². The summed E-state index contributed by atoms with van der Waals surface area (Å²) in [5.74, 6) is 1.15. The van der Waals surface area contributed by atoms with Crippen molar-refractivity contribution in [1.82, 2.24) is 16.0 Å². The predicted octanol–water partition coefficient (Wildman–Crippen LogP) is 2.12. The van der Waals surface area contributed by atoms with Crippen LogP contribution in [0.25, 0.3) is 0 Å². The van der Waals surface area contributed by atoms with Crippen LogP contribution in [0, 0.1) is 0 Å². The number of methoxy groups -OCH3 is 1. The fourth-order valence-electron chi connectivity index (χ4n) is 2.69. The minimum atomic E-state index is -0.475. The van der Waals surface area contributed by atoms with Crippen molar-refractivity contribution in [2.24, 2.45) is 0 Å². The van der Waals surface area contributed by atoms with Gasteiger partial charge >= 0.3 is 6.03 Å². The van der Waals surface area contributed by atoms with Crippen molar-refractivity contribution in [3.63, 3.8) is 0 Å². The molecule has 7 nitrogen and oxygen atoms in total. The Morgan fingerprint density at radius 3 is 2.68 bits per heavy atom. The summed E-state index contributed by atoms with van der Waals surface area (Å²) < 4.78 is 11.1. The fraction of sp³-hybridized carbons (Fsp3) is 0.556. The Balaban J connectivity index is 1.98. The number of benzene rings is 1. The molecule has 2 atom stereocenters. The molecule has 3 amide bonds. The molecule has 1 saturated heterocycles. The summed E-state index contributed by atoms with van der Waals surface area (Å²) in [4.78, 5) is 23.9. The van der Waals surface area contributed by atoms with Gasteiger partial charge in [0.1, 0.15) is 6.04 Å². The van der Waals surface area contributed by atoms with Gasteiger partial charge in [-0.2, -0.15) is 0 Å². The van der Waals surface area contributed by atoms with Crippen LogP contribution in [-0.2, 0) is 4.79 Å². The van der Waals surface area contributed by atoms with Gasteiger partial charge in [0.05, 0.1) is 19.3 Å². The van der Waals surface area contributed by atoms with Crippen LogP contribution in [0.1, 0.15) is 45.2 Å². The zero-order chi connectivity index (χ0) is 18.4. The number of hydrogen-bond donors (Lipinski definition) is 3. The van der Waals surface area contributed by atoms with E-state index in [1.54, 1.807) is 7.11 Å².